The Balaban J connectivity index is 3.05. The summed E-state index contributed by atoms with van der Waals surface area (Å²) in [5, 5.41) is 20.0. The van der Waals surface area contributed by atoms with Crippen LogP contribution in [0.1, 0.15) is 5.56 Å². The summed E-state index contributed by atoms with van der Waals surface area (Å²) in [5.41, 5.74) is 0.681. The van der Waals surface area contributed by atoms with Crippen molar-refractivity contribution in [3.63, 3.8) is 0 Å². The second kappa shape index (κ2) is 6.14. The van der Waals surface area contributed by atoms with Crippen molar-refractivity contribution < 1.29 is 14.8 Å². The largest absolute Gasteiger partial charge is 0.392 e. The van der Waals surface area contributed by atoms with E-state index in [9.17, 15) is 14.9 Å². The molecule has 0 aliphatic heterocycles. The third-order valence-corrected chi connectivity index (χ3v) is 2.70. The molecule has 0 radical (unpaired) electrons. The summed E-state index contributed by atoms with van der Waals surface area (Å²) in [6.07, 6.45) is 0. The smallest absolute Gasteiger partial charge is 0.292 e. The van der Waals surface area contributed by atoms with Gasteiger partial charge >= 0.3 is 0 Å². The molecule has 0 spiro atoms. The zero-order chi connectivity index (χ0) is 14.6. The van der Waals surface area contributed by atoms with Gasteiger partial charge in [-0.1, -0.05) is 6.07 Å². The zero-order valence-corrected chi connectivity index (χ0v) is 11.2. The van der Waals surface area contributed by atoms with Crippen LogP contribution < -0.4 is 4.90 Å². The van der Waals surface area contributed by atoms with Gasteiger partial charge in [-0.2, -0.15) is 0 Å². The minimum absolute atomic E-state index is 0.0479. The van der Waals surface area contributed by atoms with Gasteiger partial charge in [-0.3, -0.25) is 14.9 Å². The lowest BCUT2D eigenvalue weighted by Gasteiger charge is -2.21. The molecule has 7 heteroatoms. The molecular formula is C12H17N3O4. The molecule has 0 aliphatic carbocycles. The maximum Gasteiger partial charge on any atom is 0.292 e. The van der Waals surface area contributed by atoms with Gasteiger partial charge in [0.05, 0.1) is 18.1 Å². The number of amides is 1. The minimum atomic E-state index is -0.523. The van der Waals surface area contributed by atoms with Crippen LogP contribution in [0.15, 0.2) is 18.2 Å². The predicted molar refractivity (Wildman–Crippen MR) is 71.0 cm³/mol. The first-order chi connectivity index (χ1) is 8.86. The first-order valence-corrected chi connectivity index (χ1v) is 5.66. The maximum absolute atomic E-state index is 11.6. The standard InChI is InChI=1S/C12H17N3O4/c1-13(2)12(17)7-14(3)10-5-4-9(8-16)6-11(10)15(18)19/h4-6,16H,7-8H2,1-3H3. The van der Waals surface area contributed by atoms with Crippen molar-refractivity contribution in [1.29, 1.82) is 0 Å². The molecule has 0 saturated heterocycles. The number of aliphatic hydroxyl groups is 1. The SMILES string of the molecule is CN(C)C(=O)CN(C)c1ccc(CO)cc1[N+](=O)[O-]. The van der Waals surface area contributed by atoms with Crippen LogP contribution in [-0.4, -0.2) is 48.5 Å². The van der Waals surface area contributed by atoms with E-state index in [4.69, 9.17) is 5.11 Å². The van der Waals surface area contributed by atoms with Crippen molar-refractivity contribution in [2.75, 3.05) is 32.6 Å². The van der Waals surface area contributed by atoms with Crippen LogP contribution in [-0.2, 0) is 11.4 Å². The molecule has 7 nitrogen and oxygen atoms in total. The van der Waals surface area contributed by atoms with E-state index < -0.39 is 4.92 Å². The summed E-state index contributed by atoms with van der Waals surface area (Å²) in [5.74, 6) is -0.150. The molecule has 0 heterocycles. The average Bonchev–Trinajstić information content (AvgIpc) is 2.37. The molecule has 0 bridgehead atoms. The van der Waals surface area contributed by atoms with Gasteiger partial charge in [-0.25, -0.2) is 0 Å². The van der Waals surface area contributed by atoms with Crippen molar-refractivity contribution in [3.05, 3.63) is 33.9 Å². The Hall–Kier alpha value is -2.15. The number of hydrogen-bond donors (Lipinski definition) is 1. The zero-order valence-electron chi connectivity index (χ0n) is 11.2. The molecule has 0 atom stereocenters. The van der Waals surface area contributed by atoms with E-state index in [-0.39, 0.29) is 24.7 Å². The number of carbonyl (C=O) groups excluding carboxylic acids is 1. The molecule has 0 fully saturated rings. The molecule has 1 rings (SSSR count). The van der Waals surface area contributed by atoms with Gasteiger partial charge in [0.1, 0.15) is 5.69 Å². The van der Waals surface area contributed by atoms with Crippen LogP contribution in [0.4, 0.5) is 11.4 Å². The molecule has 0 saturated carbocycles. The molecular weight excluding hydrogens is 250 g/mol. The monoisotopic (exact) mass is 267 g/mol. The summed E-state index contributed by atoms with van der Waals surface area (Å²) in [6.45, 7) is -0.215. The van der Waals surface area contributed by atoms with Crippen LogP contribution >= 0.6 is 0 Å². The lowest BCUT2D eigenvalue weighted by Crippen LogP contribution is -2.34. The van der Waals surface area contributed by atoms with E-state index in [1.54, 1.807) is 27.2 Å². The lowest BCUT2D eigenvalue weighted by molar-refractivity contribution is -0.384. The normalized spacial score (nSPS) is 10.1. The number of nitro groups is 1. The number of nitrogens with zero attached hydrogens (tertiary/aromatic N) is 3. The van der Waals surface area contributed by atoms with E-state index in [2.05, 4.69) is 0 Å². The van der Waals surface area contributed by atoms with E-state index >= 15 is 0 Å². The predicted octanol–water partition coefficient (Wildman–Crippen LogP) is 0.611. The highest BCUT2D eigenvalue weighted by Crippen LogP contribution is 2.28. The molecule has 1 aromatic carbocycles. The number of aliphatic hydroxyl groups excluding tert-OH is 1. The van der Waals surface area contributed by atoms with Crippen LogP contribution in [0, 0.1) is 10.1 Å². The summed E-state index contributed by atoms with van der Waals surface area (Å²) in [7, 11) is 4.86. The number of nitro benzene ring substituents is 1. The molecule has 1 aromatic rings. The fourth-order valence-electron chi connectivity index (χ4n) is 1.57. The lowest BCUT2D eigenvalue weighted by atomic mass is 10.1. The Morgan fingerprint density at radius 3 is 2.47 bits per heavy atom. The number of benzene rings is 1. The number of hydrogen-bond acceptors (Lipinski definition) is 5. The maximum atomic E-state index is 11.6. The number of rotatable bonds is 5. The quantitative estimate of drug-likeness (QED) is 0.624. The highest BCUT2D eigenvalue weighted by Gasteiger charge is 2.19. The van der Waals surface area contributed by atoms with Crippen LogP contribution in [0.5, 0.6) is 0 Å². The van der Waals surface area contributed by atoms with Gasteiger partial charge in [0.2, 0.25) is 5.91 Å². The molecule has 1 amide bonds. The second-order valence-corrected chi connectivity index (χ2v) is 4.38. The Bertz CT molecular complexity index is 488. The third kappa shape index (κ3) is 3.65. The van der Waals surface area contributed by atoms with Crippen molar-refractivity contribution in [3.8, 4) is 0 Å². The van der Waals surface area contributed by atoms with Gasteiger partial charge in [0.15, 0.2) is 0 Å². The Morgan fingerprint density at radius 2 is 2.00 bits per heavy atom. The molecule has 0 aliphatic rings. The van der Waals surface area contributed by atoms with Gasteiger partial charge in [-0.15, -0.1) is 0 Å². The minimum Gasteiger partial charge on any atom is -0.392 e. The van der Waals surface area contributed by atoms with Crippen LogP contribution in [0.25, 0.3) is 0 Å². The molecule has 1 N–H and O–H groups in total. The molecule has 0 unspecified atom stereocenters. The highest BCUT2D eigenvalue weighted by atomic mass is 16.6. The number of likely N-dealkylation sites (N-methyl/N-ethyl adjacent to an activating group) is 2. The van der Waals surface area contributed by atoms with Crippen molar-refractivity contribution in [2.24, 2.45) is 0 Å². The number of carbonyl (C=O) groups is 1. The van der Waals surface area contributed by atoms with Gasteiger partial charge in [0, 0.05) is 27.2 Å². The molecule has 19 heavy (non-hydrogen) atoms. The first-order valence-electron chi connectivity index (χ1n) is 5.66. The topological polar surface area (TPSA) is 86.9 Å². The first kappa shape index (κ1) is 14.9. The van der Waals surface area contributed by atoms with E-state index in [0.717, 1.165) is 0 Å². The van der Waals surface area contributed by atoms with Gasteiger partial charge in [0.25, 0.3) is 5.69 Å². The van der Waals surface area contributed by atoms with Gasteiger partial charge < -0.3 is 14.9 Å². The van der Waals surface area contributed by atoms with E-state index in [0.29, 0.717) is 11.3 Å². The third-order valence-electron chi connectivity index (χ3n) is 2.70. The molecule has 0 aromatic heterocycles. The summed E-state index contributed by atoms with van der Waals surface area (Å²) in [6, 6.07) is 4.44. The van der Waals surface area contributed by atoms with E-state index in [1.165, 1.54) is 21.9 Å². The summed E-state index contributed by atoms with van der Waals surface area (Å²) < 4.78 is 0. The summed E-state index contributed by atoms with van der Waals surface area (Å²) in [4.78, 5) is 25.0. The van der Waals surface area contributed by atoms with Crippen molar-refractivity contribution >= 4 is 17.3 Å². The second-order valence-electron chi connectivity index (χ2n) is 4.38. The highest BCUT2D eigenvalue weighted by molar-refractivity contribution is 5.82. The fourth-order valence-corrected chi connectivity index (χ4v) is 1.57. The Kier molecular flexibility index (Phi) is 4.82. The van der Waals surface area contributed by atoms with Gasteiger partial charge in [-0.05, 0) is 11.6 Å². The summed E-state index contributed by atoms with van der Waals surface area (Å²) >= 11 is 0. The Labute approximate surface area is 111 Å². The average molecular weight is 267 g/mol. The van der Waals surface area contributed by atoms with Crippen molar-refractivity contribution in [1.82, 2.24) is 4.90 Å². The molecule has 104 valence electrons. The fraction of sp³-hybridized carbons (Fsp3) is 0.417. The van der Waals surface area contributed by atoms with Crippen molar-refractivity contribution in [2.45, 2.75) is 6.61 Å². The Morgan fingerprint density at radius 1 is 1.37 bits per heavy atom. The van der Waals surface area contributed by atoms with Crippen LogP contribution in [0.3, 0.4) is 0 Å². The van der Waals surface area contributed by atoms with Crippen LogP contribution in [0.2, 0.25) is 0 Å². The van der Waals surface area contributed by atoms with E-state index in [1.807, 2.05) is 0 Å². The number of anilines is 1.